The Morgan fingerprint density at radius 3 is 2.45 bits per heavy atom. The summed E-state index contributed by atoms with van der Waals surface area (Å²) >= 11 is 0. The Bertz CT molecular complexity index is 729. The number of aryl methyl sites for hydroxylation is 1. The highest BCUT2D eigenvalue weighted by atomic mass is 16.5. The number of nitrogens with zero attached hydrogens (tertiary/aromatic N) is 1. The van der Waals surface area contributed by atoms with Crippen LogP contribution in [0.15, 0.2) is 0 Å². The standard InChI is InChI=1S/C22H35N3O4/c1-15(2)29-21(27)18-16(3)19(24-17(18)4)20(26)23-14-22(8-6-5-7-9-22)25-10-12-28-13-11-25/h15,24H,5-14H2,1-4H3,(H,23,26). The molecule has 1 aromatic heterocycles. The fraction of sp³-hybridized carbons (Fsp3) is 0.727. The van der Waals surface area contributed by atoms with Crippen LogP contribution in [0.2, 0.25) is 0 Å². The number of amides is 1. The van der Waals surface area contributed by atoms with E-state index in [1.165, 1.54) is 19.3 Å². The number of nitrogens with one attached hydrogen (secondary N) is 2. The number of hydrogen-bond acceptors (Lipinski definition) is 5. The lowest BCUT2D eigenvalue weighted by Crippen LogP contribution is -2.59. The minimum absolute atomic E-state index is 0.00658. The van der Waals surface area contributed by atoms with E-state index >= 15 is 0 Å². The van der Waals surface area contributed by atoms with Crippen LogP contribution in [0.4, 0.5) is 0 Å². The highest BCUT2D eigenvalue weighted by Crippen LogP contribution is 2.34. The molecule has 7 heteroatoms. The second-order valence-corrected chi connectivity index (χ2v) is 8.65. The number of carbonyl (C=O) groups excluding carboxylic acids is 2. The van der Waals surface area contributed by atoms with Gasteiger partial charge in [0.25, 0.3) is 5.91 Å². The zero-order valence-electron chi connectivity index (χ0n) is 18.2. The van der Waals surface area contributed by atoms with E-state index in [2.05, 4.69) is 15.2 Å². The van der Waals surface area contributed by atoms with Gasteiger partial charge >= 0.3 is 5.97 Å². The van der Waals surface area contributed by atoms with Crippen molar-refractivity contribution in [3.05, 3.63) is 22.5 Å². The van der Waals surface area contributed by atoms with Crippen LogP contribution in [0.3, 0.4) is 0 Å². The number of esters is 1. The summed E-state index contributed by atoms with van der Waals surface area (Å²) in [6.07, 6.45) is 5.64. The molecule has 2 heterocycles. The summed E-state index contributed by atoms with van der Waals surface area (Å²) in [5.74, 6) is -0.547. The van der Waals surface area contributed by atoms with Crippen LogP contribution in [-0.2, 0) is 9.47 Å². The number of aromatic amines is 1. The van der Waals surface area contributed by atoms with Gasteiger partial charge in [-0.2, -0.15) is 0 Å². The Labute approximate surface area is 173 Å². The monoisotopic (exact) mass is 405 g/mol. The van der Waals surface area contributed by atoms with Gasteiger partial charge in [-0.25, -0.2) is 4.79 Å². The van der Waals surface area contributed by atoms with Crippen LogP contribution in [0, 0.1) is 13.8 Å². The Balaban J connectivity index is 1.73. The summed E-state index contributed by atoms with van der Waals surface area (Å²) in [6, 6.07) is 0. The fourth-order valence-corrected chi connectivity index (χ4v) is 4.74. The number of ether oxygens (including phenoxy) is 2. The van der Waals surface area contributed by atoms with Gasteiger partial charge in [0.05, 0.1) is 24.9 Å². The molecule has 1 amide bonds. The second-order valence-electron chi connectivity index (χ2n) is 8.65. The molecule has 0 bridgehead atoms. The van der Waals surface area contributed by atoms with Crippen molar-refractivity contribution in [2.75, 3.05) is 32.8 Å². The molecule has 0 atom stereocenters. The molecule has 29 heavy (non-hydrogen) atoms. The van der Waals surface area contributed by atoms with Crippen molar-refractivity contribution < 1.29 is 19.1 Å². The van der Waals surface area contributed by atoms with Gasteiger partial charge in [0.1, 0.15) is 5.69 Å². The number of aromatic nitrogens is 1. The summed E-state index contributed by atoms with van der Waals surface area (Å²) in [7, 11) is 0. The van der Waals surface area contributed by atoms with E-state index in [4.69, 9.17) is 9.47 Å². The second kappa shape index (κ2) is 9.30. The molecule has 1 aromatic rings. The van der Waals surface area contributed by atoms with E-state index in [-0.39, 0.29) is 23.5 Å². The molecule has 1 saturated carbocycles. The average molecular weight is 406 g/mol. The van der Waals surface area contributed by atoms with Gasteiger partial charge in [0, 0.05) is 30.9 Å². The summed E-state index contributed by atoms with van der Waals surface area (Å²) in [4.78, 5) is 31.0. The van der Waals surface area contributed by atoms with Crippen LogP contribution >= 0.6 is 0 Å². The molecular formula is C22H35N3O4. The van der Waals surface area contributed by atoms with Crippen molar-refractivity contribution in [3.8, 4) is 0 Å². The van der Waals surface area contributed by atoms with Gasteiger partial charge in [0.15, 0.2) is 0 Å². The number of carbonyl (C=O) groups is 2. The smallest absolute Gasteiger partial charge is 0.340 e. The molecule has 3 rings (SSSR count). The number of hydrogen-bond donors (Lipinski definition) is 2. The molecule has 2 fully saturated rings. The van der Waals surface area contributed by atoms with Crippen molar-refractivity contribution in [3.63, 3.8) is 0 Å². The predicted molar refractivity (Wildman–Crippen MR) is 111 cm³/mol. The minimum Gasteiger partial charge on any atom is -0.459 e. The van der Waals surface area contributed by atoms with Crippen molar-refractivity contribution in [1.29, 1.82) is 0 Å². The summed E-state index contributed by atoms with van der Waals surface area (Å²) < 4.78 is 10.9. The molecular weight excluding hydrogens is 370 g/mol. The van der Waals surface area contributed by atoms with Crippen LogP contribution < -0.4 is 5.32 Å². The highest BCUT2D eigenvalue weighted by molar-refractivity contribution is 6.00. The van der Waals surface area contributed by atoms with Gasteiger partial charge in [-0.3, -0.25) is 9.69 Å². The first-order valence-electron chi connectivity index (χ1n) is 10.9. The number of morpholine rings is 1. The molecule has 2 N–H and O–H groups in total. The maximum atomic E-state index is 13.0. The van der Waals surface area contributed by atoms with E-state index in [0.29, 0.717) is 29.1 Å². The Morgan fingerprint density at radius 2 is 1.83 bits per heavy atom. The van der Waals surface area contributed by atoms with Crippen LogP contribution in [-0.4, -0.2) is 66.3 Å². The lowest BCUT2D eigenvalue weighted by atomic mass is 9.79. The number of rotatable bonds is 6. The third-order valence-electron chi connectivity index (χ3n) is 6.26. The topological polar surface area (TPSA) is 83.7 Å². The first kappa shape index (κ1) is 21.8. The van der Waals surface area contributed by atoms with E-state index in [0.717, 1.165) is 39.1 Å². The van der Waals surface area contributed by atoms with E-state index in [9.17, 15) is 9.59 Å². The predicted octanol–water partition coefficient (Wildman–Crippen LogP) is 2.96. The van der Waals surface area contributed by atoms with Crippen molar-refractivity contribution in [2.24, 2.45) is 0 Å². The summed E-state index contributed by atoms with van der Waals surface area (Å²) in [5.41, 5.74) is 2.23. The van der Waals surface area contributed by atoms with E-state index < -0.39 is 0 Å². The van der Waals surface area contributed by atoms with Gasteiger partial charge < -0.3 is 19.8 Å². The third-order valence-corrected chi connectivity index (χ3v) is 6.26. The van der Waals surface area contributed by atoms with Crippen molar-refractivity contribution >= 4 is 11.9 Å². The van der Waals surface area contributed by atoms with E-state index in [1.54, 1.807) is 13.8 Å². The molecule has 7 nitrogen and oxygen atoms in total. The normalized spacial score (nSPS) is 19.9. The molecule has 0 spiro atoms. The van der Waals surface area contributed by atoms with Gasteiger partial charge in [0.2, 0.25) is 0 Å². The Morgan fingerprint density at radius 1 is 1.17 bits per heavy atom. The highest BCUT2D eigenvalue weighted by Gasteiger charge is 2.39. The van der Waals surface area contributed by atoms with Crippen LogP contribution in [0.5, 0.6) is 0 Å². The maximum Gasteiger partial charge on any atom is 0.340 e. The Kier molecular flexibility index (Phi) is 7.01. The zero-order valence-corrected chi connectivity index (χ0v) is 18.2. The molecule has 0 unspecified atom stereocenters. The van der Waals surface area contributed by atoms with Crippen molar-refractivity contribution in [2.45, 2.75) is 71.4 Å². The molecule has 0 aromatic carbocycles. The van der Waals surface area contributed by atoms with Gasteiger partial charge in [-0.05, 0) is 46.1 Å². The fourth-order valence-electron chi connectivity index (χ4n) is 4.74. The molecule has 1 aliphatic heterocycles. The quantitative estimate of drug-likeness (QED) is 0.711. The number of H-pyrrole nitrogens is 1. The zero-order chi connectivity index (χ0) is 21.0. The average Bonchev–Trinajstić information content (AvgIpc) is 3.01. The SMILES string of the molecule is Cc1[nH]c(C(=O)NCC2(N3CCOCC3)CCCCC2)c(C)c1C(=O)OC(C)C. The van der Waals surface area contributed by atoms with Crippen LogP contribution in [0.25, 0.3) is 0 Å². The lowest BCUT2D eigenvalue weighted by Gasteiger charge is -2.48. The Hall–Kier alpha value is -1.86. The molecule has 0 radical (unpaired) electrons. The lowest BCUT2D eigenvalue weighted by molar-refractivity contribution is -0.0361. The first-order valence-corrected chi connectivity index (χ1v) is 10.9. The molecule has 1 saturated heterocycles. The van der Waals surface area contributed by atoms with E-state index in [1.807, 2.05) is 13.8 Å². The molecule has 2 aliphatic rings. The van der Waals surface area contributed by atoms with Gasteiger partial charge in [-0.1, -0.05) is 19.3 Å². The molecule has 162 valence electrons. The minimum atomic E-state index is -0.387. The third kappa shape index (κ3) is 4.83. The largest absolute Gasteiger partial charge is 0.459 e. The van der Waals surface area contributed by atoms with Gasteiger partial charge in [-0.15, -0.1) is 0 Å². The molecule has 1 aliphatic carbocycles. The summed E-state index contributed by atoms with van der Waals surface area (Å²) in [6.45, 7) is 11.2. The maximum absolute atomic E-state index is 13.0. The summed E-state index contributed by atoms with van der Waals surface area (Å²) in [5, 5.41) is 3.16. The first-order chi connectivity index (χ1) is 13.8. The van der Waals surface area contributed by atoms with Crippen molar-refractivity contribution in [1.82, 2.24) is 15.2 Å². The van der Waals surface area contributed by atoms with Crippen LogP contribution in [0.1, 0.15) is 78.1 Å².